The molecule has 0 bridgehead atoms. The van der Waals surface area contributed by atoms with Gasteiger partial charge in [-0.05, 0) is 50.4 Å². The average molecular weight is 561 g/mol. The lowest BCUT2D eigenvalue weighted by atomic mass is 9.74. The molecule has 0 aromatic rings. The van der Waals surface area contributed by atoms with Crippen LogP contribution in [0.3, 0.4) is 0 Å². The fourth-order valence-electron chi connectivity index (χ4n) is 6.67. The maximum absolute atomic E-state index is 2.74. The van der Waals surface area contributed by atoms with Crippen molar-refractivity contribution in [1.82, 2.24) is 0 Å². The summed E-state index contributed by atoms with van der Waals surface area (Å²) in [5.41, 5.74) is 2.37. The molecule has 0 aliphatic heterocycles. The molecule has 1 unspecified atom stereocenters. The van der Waals surface area contributed by atoms with Crippen LogP contribution in [0.15, 0.2) is 11.6 Å². The summed E-state index contributed by atoms with van der Waals surface area (Å²) in [6, 6.07) is 0. The monoisotopic (exact) mass is 561 g/mol. The Labute approximate surface area is 256 Å². The van der Waals surface area contributed by atoms with Gasteiger partial charge in [-0.25, -0.2) is 0 Å². The second-order valence-corrected chi connectivity index (χ2v) is 14.0. The molecule has 0 aliphatic rings. The summed E-state index contributed by atoms with van der Waals surface area (Å²) in [4.78, 5) is 0. The molecule has 0 aromatic carbocycles. The van der Waals surface area contributed by atoms with Crippen molar-refractivity contribution < 1.29 is 0 Å². The summed E-state index contributed by atoms with van der Waals surface area (Å²) in [7, 11) is 0. The molecule has 0 saturated carbocycles. The van der Waals surface area contributed by atoms with Crippen LogP contribution in [0.25, 0.3) is 0 Å². The molecular weight excluding hydrogens is 480 g/mol. The van der Waals surface area contributed by atoms with Crippen LogP contribution in [0.2, 0.25) is 0 Å². The van der Waals surface area contributed by atoms with Gasteiger partial charge in [0.2, 0.25) is 0 Å². The molecule has 0 saturated heterocycles. The molecule has 0 nitrogen and oxygen atoms in total. The highest BCUT2D eigenvalue weighted by Gasteiger charge is 2.24. The molecule has 40 heavy (non-hydrogen) atoms. The van der Waals surface area contributed by atoms with Crippen LogP contribution in [-0.2, 0) is 0 Å². The topological polar surface area (TPSA) is 0 Å². The molecule has 240 valence electrons. The van der Waals surface area contributed by atoms with E-state index < -0.39 is 0 Å². The highest BCUT2D eigenvalue weighted by atomic mass is 14.3. The van der Waals surface area contributed by atoms with Crippen molar-refractivity contribution in [3.63, 3.8) is 0 Å². The Morgan fingerprint density at radius 1 is 0.400 bits per heavy atom. The zero-order valence-corrected chi connectivity index (χ0v) is 29.2. The average Bonchev–Trinajstić information content (AvgIpc) is 2.95. The van der Waals surface area contributed by atoms with E-state index in [4.69, 9.17) is 0 Å². The van der Waals surface area contributed by atoms with Gasteiger partial charge < -0.3 is 0 Å². The highest BCUT2D eigenvalue weighted by molar-refractivity contribution is 5.06. The number of hydrogen-bond acceptors (Lipinski definition) is 0. The van der Waals surface area contributed by atoms with Gasteiger partial charge in [-0.2, -0.15) is 0 Å². The van der Waals surface area contributed by atoms with Gasteiger partial charge in [0.15, 0.2) is 0 Å². The van der Waals surface area contributed by atoms with Crippen LogP contribution in [0.4, 0.5) is 0 Å². The zero-order chi connectivity index (χ0) is 29.4. The molecular formula is C40H80. The molecule has 0 aliphatic carbocycles. The smallest absolute Gasteiger partial charge is 0.0266 e. The molecule has 0 fully saturated rings. The van der Waals surface area contributed by atoms with Crippen molar-refractivity contribution in [3.05, 3.63) is 11.6 Å². The minimum atomic E-state index is 0.529. The third kappa shape index (κ3) is 27.9. The van der Waals surface area contributed by atoms with E-state index in [-0.39, 0.29) is 0 Å². The Morgan fingerprint density at radius 2 is 0.725 bits per heavy atom. The number of hydrogen-bond donors (Lipinski definition) is 0. The summed E-state index contributed by atoms with van der Waals surface area (Å²) in [6.45, 7) is 12.0. The molecule has 0 amide bonds. The Morgan fingerprint density at radius 3 is 1.12 bits per heavy atom. The van der Waals surface area contributed by atoms with E-state index >= 15 is 0 Å². The largest absolute Gasteiger partial charge is 0.0853 e. The van der Waals surface area contributed by atoms with Crippen molar-refractivity contribution in [3.8, 4) is 0 Å². The van der Waals surface area contributed by atoms with Crippen molar-refractivity contribution in [1.29, 1.82) is 0 Å². The van der Waals surface area contributed by atoms with Crippen molar-refractivity contribution in [2.45, 2.75) is 240 Å². The lowest BCUT2D eigenvalue weighted by Crippen LogP contribution is -2.18. The Balaban J connectivity index is 4.91. The van der Waals surface area contributed by atoms with Gasteiger partial charge >= 0.3 is 0 Å². The third-order valence-corrected chi connectivity index (χ3v) is 9.51. The van der Waals surface area contributed by atoms with Crippen LogP contribution in [0.1, 0.15) is 240 Å². The fraction of sp³-hybridized carbons (Fsp3) is 0.950. The molecule has 0 heteroatoms. The van der Waals surface area contributed by atoms with Crippen LogP contribution >= 0.6 is 0 Å². The second kappa shape index (κ2) is 31.7. The molecule has 0 N–H and O–H groups in total. The Hall–Kier alpha value is -0.260. The number of rotatable bonds is 33. The maximum atomic E-state index is 2.74. The molecule has 0 rings (SSSR count). The van der Waals surface area contributed by atoms with Crippen LogP contribution in [0, 0.1) is 5.41 Å². The van der Waals surface area contributed by atoms with Gasteiger partial charge in [0.05, 0.1) is 0 Å². The Kier molecular flexibility index (Phi) is 31.5. The number of unbranched alkanes of at least 4 members (excludes halogenated alkanes) is 24. The summed E-state index contributed by atoms with van der Waals surface area (Å²) < 4.78 is 0. The van der Waals surface area contributed by atoms with Crippen LogP contribution < -0.4 is 0 Å². The minimum absolute atomic E-state index is 0.529. The summed E-state index contributed by atoms with van der Waals surface area (Å²) in [5, 5.41) is 0. The molecule has 0 heterocycles. The summed E-state index contributed by atoms with van der Waals surface area (Å²) in [5.74, 6) is 0. The summed E-state index contributed by atoms with van der Waals surface area (Å²) >= 11 is 0. The molecule has 0 spiro atoms. The SMILES string of the molecule is CCCCCCCC=C(CCCCCCCCCC)CC(C)(CCCCCCCC)CCCCCCCCCC. The van der Waals surface area contributed by atoms with Crippen LogP contribution in [-0.4, -0.2) is 0 Å². The first kappa shape index (κ1) is 39.7. The molecule has 1 atom stereocenters. The van der Waals surface area contributed by atoms with Gasteiger partial charge in [-0.3, -0.25) is 0 Å². The van der Waals surface area contributed by atoms with Gasteiger partial charge in [0.1, 0.15) is 0 Å². The fourth-order valence-corrected chi connectivity index (χ4v) is 6.67. The minimum Gasteiger partial charge on any atom is -0.0853 e. The molecule has 0 radical (unpaired) electrons. The number of allylic oxidation sites excluding steroid dienone is 2. The van der Waals surface area contributed by atoms with E-state index in [2.05, 4.69) is 40.7 Å². The maximum Gasteiger partial charge on any atom is -0.0266 e. The van der Waals surface area contributed by atoms with E-state index in [0.717, 1.165) is 0 Å². The first-order valence-corrected chi connectivity index (χ1v) is 19.3. The standard InChI is InChI=1S/C40H80/c1-6-10-14-18-22-24-27-31-35-39(34-30-26-20-16-12-8-3)38-40(5,36-32-28-21-17-13-9-4)37-33-29-25-23-19-15-11-7-2/h34H,6-33,35-38H2,1-5H3. The van der Waals surface area contributed by atoms with Crippen molar-refractivity contribution in [2.75, 3.05) is 0 Å². The lowest BCUT2D eigenvalue weighted by molar-refractivity contribution is 0.245. The lowest BCUT2D eigenvalue weighted by Gasteiger charge is -2.32. The van der Waals surface area contributed by atoms with Gasteiger partial charge in [-0.1, -0.05) is 207 Å². The predicted molar refractivity (Wildman–Crippen MR) is 187 cm³/mol. The summed E-state index contributed by atoms with van der Waals surface area (Å²) in [6.07, 6.45) is 48.5. The van der Waals surface area contributed by atoms with Crippen LogP contribution in [0.5, 0.6) is 0 Å². The van der Waals surface area contributed by atoms with E-state index in [1.165, 1.54) is 205 Å². The van der Waals surface area contributed by atoms with E-state index in [1.54, 1.807) is 0 Å². The first-order valence-electron chi connectivity index (χ1n) is 19.3. The predicted octanol–water partition coefficient (Wildman–Crippen LogP) is 15.5. The van der Waals surface area contributed by atoms with Gasteiger partial charge in [0.25, 0.3) is 0 Å². The second-order valence-electron chi connectivity index (χ2n) is 14.0. The quantitative estimate of drug-likeness (QED) is 0.0553. The first-order chi connectivity index (χ1) is 19.6. The van der Waals surface area contributed by atoms with E-state index in [1.807, 2.05) is 5.57 Å². The molecule has 0 aromatic heterocycles. The Bertz CT molecular complexity index is 502. The van der Waals surface area contributed by atoms with E-state index in [0.29, 0.717) is 5.41 Å². The van der Waals surface area contributed by atoms with Gasteiger partial charge in [-0.15, -0.1) is 0 Å². The third-order valence-electron chi connectivity index (χ3n) is 9.51. The highest BCUT2D eigenvalue weighted by Crippen LogP contribution is 2.39. The van der Waals surface area contributed by atoms with Crippen molar-refractivity contribution >= 4 is 0 Å². The normalized spacial score (nSPS) is 13.7. The van der Waals surface area contributed by atoms with Gasteiger partial charge in [0, 0.05) is 0 Å². The zero-order valence-electron chi connectivity index (χ0n) is 29.2. The van der Waals surface area contributed by atoms with Crippen molar-refractivity contribution in [2.24, 2.45) is 5.41 Å². The van der Waals surface area contributed by atoms with E-state index in [9.17, 15) is 0 Å².